The summed E-state index contributed by atoms with van der Waals surface area (Å²) in [6, 6.07) is 0. The third kappa shape index (κ3) is 2.35. The molecule has 2 fully saturated rings. The summed E-state index contributed by atoms with van der Waals surface area (Å²) < 4.78 is 0. The van der Waals surface area contributed by atoms with E-state index in [-0.39, 0.29) is 30.0 Å². The van der Waals surface area contributed by atoms with Crippen molar-refractivity contribution in [3.05, 3.63) is 24.3 Å². The van der Waals surface area contributed by atoms with Gasteiger partial charge in [0.15, 0.2) is 0 Å². The Bertz CT molecular complexity index is 507. The van der Waals surface area contributed by atoms with Gasteiger partial charge in [-0.3, -0.25) is 0 Å². The van der Waals surface area contributed by atoms with Gasteiger partial charge in [-0.25, -0.2) is 0 Å². The Labute approximate surface area is 140 Å². The van der Waals surface area contributed by atoms with Crippen LogP contribution in [0.4, 0.5) is 0 Å². The normalized spacial score (nSPS) is 45.6. The first-order valence-corrected chi connectivity index (χ1v) is 9.10. The summed E-state index contributed by atoms with van der Waals surface area (Å²) in [6.07, 6.45) is 9.78. The van der Waals surface area contributed by atoms with Gasteiger partial charge in [0, 0.05) is 10.8 Å². The van der Waals surface area contributed by atoms with Crippen molar-refractivity contribution in [2.24, 2.45) is 28.1 Å². The minimum atomic E-state index is -0.738. The zero-order chi connectivity index (χ0) is 16.9. The largest absolute Gasteiger partial charge is 0.396 e. The summed E-state index contributed by atoms with van der Waals surface area (Å²) in [5, 5.41) is 30.6. The van der Waals surface area contributed by atoms with Crippen LogP contribution in [0, 0.1) is 28.1 Å². The van der Waals surface area contributed by atoms with E-state index in [1.54, 1.807) is 5.57 Å². The molecule has 0 amide bonds. The predicted molar refractivity (Wildman–Crippen MR) is 91.8 cm³/mol. The van der Waals surface area contributed by atoms with Gasteiger partial charge >= 0.3 is 0 Å². The lowest BCUT2D eigenvalue weighted by molar-refractivity contribution is -0.180. The first kappa shape index (κ1) is 17.2. The minimum absolute atomic E-state index is 0.0667. The van der Waals surface area contributed by atoms with Gasteiger partial charge in [-0.05, 0) is 55.8 Å². The third-order valence-corrected chi connectivity index (χ3v) is 7.62. The van der Waals surface area contributed by atoms with Crippen LogP contribution in [0.15, 0.2) is 24.3 Å². The van der Waals surface area contributed by atoms with Crippen LogP contribution in [0.5, 0.6) is 0 Å². The van der Waals surface area contributed by atoms with Gasteiger partial charge in [0.2, 0.25) is 0 Å². The third-order valence-electron chi connectivity index (χ3n) is 7.62. The Morgan fingerprint density at radius 1 is 1.17 bits per heavy atom. The number of fused-ring (bicyclic) bond motifs is 3. The lowest BCUT2D eigenvalue weighted by Crippen LogP contribution is -2.60. The number of hydrogen-bond acceptors (Lipinski definition) is 3. The first-order chi connectivity index (χ1) is 10.8. The van der Waals surface area contributed by atoms with E-state index >= 15 is 0 Å². The predicted octanol–water partition coefficient (Wildman–Crippen LogP) is 3.06. The van der Waals surface area contributed by atoms with Crippen LogP contribution in [0.2, 0.25) is 0 Å². The van der Waals surface area contributed by atoms with Crippen molar-refractivity contribution in [2.45, 2.75) is 58.5 Å². The molecule has 0 spiro atoms. The summed E-state index contributed by atoms with van der Waals surface area (Å²) in [5.41, 5.74) is 0.974. The number of hydrogen-bond donors (Lipinski definition) is 3. The molecule has 0 aromatic rings. The molecular weight excluding hydrogens is 288 g/mol. The highest BCUT2D eigenvalue weighted by Crippen LogP contribution is 2.63. The minimum Gasteiger partial charge on any atom is -0.396 e. The zero-order valence-electron chi connectivity index (χ0n) is 14.6. The Hall–Kier alpha value is -0.640. The van der Waals surface area contributed by atoms with Gasteiger partial charge in [0.1, 0.15) is 0 Å². The van der Waals surface area contributed by atoms with E-state index in [0.29, 0.717) is 12.3 Å². The van der Waals surface area contributed by atoms with Crippen molar-refractivity contribution >= 4 is 0 Å². The SMILES string of the molecule is C=CC1(C)C=C2CCC3C(C)(CCC(O)C3(CO)CO)C2CC1. The molecule has 3 N–H and O–H groups in total. The standard InChI is InChI=1S/C20H32O3/c1-4-18(2)9-7-15-14(11-18)5-6-16-19(15,3)10-8-17(23)20(16,12-21)13-22/h4,11,15-17,21-23H,1,5-10,12-13H2,2-3H3. The summed E-state index contributed by atoms with van der Waals surface area (Å²) in [4.78, 5) is 0. The van der Waals surface area contributed by atoms with Crippen molar-refractivity contribution < 1.29 is 15.3 Å². The average molecular weight is 320 g/mol. The molecule has 3 nitrogen and oxygen atoms in total. The van der Waals surface area contributed by atoms with Crippen LogP contribution in [0.25, 0.3) is 0 Å². The fraction of sp³-hybridized carbons (Fsp3) is 0.800. The fourth-order valence-corrected chi connectivity index (χ4v) is 6.02. The van der Waals surface area contributed by atoms with Crippen molar-refractivity contribution in [3.8, 4) is 0 Å². The van der Waals surface area contributed by atoms with E-state index in [1.165, 1.54) is 0 Å². The van der Waals surface area contributed by atoms with Gasteiger partial charge in [-0.1, -0.05) is 31.6 Å². The van der Waals surface area contributed by atoms with E-state index < -0.39 is 11.5 Å². The highest BCUT2D eigenvalue weighted by Gasteiger charge is 2.60. The maximum atomic E-state index is 10.5. The van der Waals surface area contributed by atoms with E-state index in [2.05, 4.69) is 32.6 Å². The first-order valence-electron chi connectivity index (χ1n) is 9.10. The quantitative estimate of drug-likeness (QED) is 0.700. The van der Waals surface area contributed by atoms with Gasteiger partial charge < -0.3 is 15.3 Å². The second-order valence-corrected chi connectivity index (χ2v) is 8.72. The number of aliphatic hydroxyl groups excluding tert-OH is 3. The smallest absolute Gasteiger partial charge is 0.0643 e. The molecule has 0 aliphatic heterocycles. The topological polar surface area (TPSA) is 60.7 Å². The molecule has 3 heteroatoms. The van der Waals surface area contributed by atoms with Crippen molar-refractivity contribution in [2.75, 3.05) is 13.2 Å². The molecule has 0 bridgehead atoms. The molecule has 3 aliphatic carbocycles. The fourth-order valence-electron chi connectivity index (χ4n) is 6.02. The van der Waals surface area contributed by atoms with Crippen LogP contribution < -0.4 is 0 Å². The monoisotopic (exact) mass is 320 g/mol. The maximum Gasteiger partial charge on any atom is 0.0643 e. The van der Waals surface area contributed by atoms with Crippen LogP contribution in [-0.4, -0.2) is 34.6 Å². The molecule has 2 saturated carbocycles. The van der Waals surface area contributed by atoms with Crippen LogP contribution in [-0.2, 0) is 0 Å². The molecule has 23 heavy (non-hydrogen) atoms. The molecule has 0 saturated heterocycles. The molecule has 0 heterocycles. The Kier molecular flexibility index (Phi) is 4.27. The molecule has 0 radical (unpaired) electrons. The van der Waals surface area contributed by atoms with Gasteiger partial charge in [0.05, 0.1) is 19.3 Å². The molecule has 3 aliphatic rings. The van der Waals surface area contributed by atoms with Gasteiger partial charge in [-0.2, -0.15) is 0 Å². The zero-order valence-corrected chi connectivity index (χ0v) is 14.6. The van der Waals surface area contributed by atoms with E-state index in [9.17, 15) is 15.3 Å². The average Bonchev–Trinajstić information content (AvgIpc) is 2.55. The Balaban J connectivity index is 2.00. The summed E-state index contributed by atoms with van der Waals surface area (Å²) in [6.45, 7) is 8.35. The summed E-state index contributed by atoms with van der Waals surface area (Å²) in [7, 11) is 0. The molecule has 0 aromatic carbocycles. The molecule has 3 rings (SSSR count). The molecular formula is C20H32O3. The molecule has 5 unspecified atom stereocenters. The molecule has 0 aromatic heterocycles. The van der Waals surface area contributed by atoms with Gasteiger partial charge in [0.25, 0.3) is 0 Å². The Morgan fingerprint density at radius 2 is 1.87 bits per heavy atom. The second-order valence-electron chi connectivity index (χ2n) is 8.72. The van der Waals surface area contributed by atoms with Crippen LogP contribution in [0.3, 0.4) is 0 Å². The maximum absolute atomic E-state index is 10.5. The molecule has 5 atom stereocenters. The summed E-state index contributed by atoms with van der Waals surface area (Å²) in [5.74, 6) is 0.697. The Morgan fingerprint density at radius 3 is 2.48 bits per heavy atom. The van der Waals surface area contributed by atoms with E-state index in [1.807, 2.05) is 0 Å². The molecule has 130 valence electrons. The lowest BCUT2D eigenvalue weighted by Gasteiger charge is -2.61. The van der Waals surface area contributed by atoms with E-state index in [0.717, 1.165) is 32.1 Å². The van der Waals surface area contributed by atoms with Crippen molar-refractivity contribution in [1.82, 2.24) is 0 Å². The van der Waals surface area contributed by atoms with Gasteiger partial charge in [-0.15, -0.1) is 6.58 Å². The van der Waals surface area contributed by atoms with E-state index in [4.69, 9.17) is 0 Å². The highest BCUT2D eigenvalue weighted by molar-refractivity contribution is 5.27. The van der Waals surface area contributed by atoms with Crippen molar-refractivity contribution in [1.29, 1.82) is 0 Å². The van der Waals surface area contributed by atoms with Crippen LogP contribution in [0.1, 0.15) is 52.4 Å². The van der Waals surface area contributed by atoms with Crippen LogP contribution >= 0.6 is 0 Å². The number of rotatable bonds is 3. The lowest BCUT2D eigenvalue weighted by atomic mass is 9.44. The summed E-state index contributed by atoms with van der Waals surface area (Å²) >= 11 is 0. The highest BCUT2D eigenvalue weighted by atomic mass is 16.3. The number of allylic oxidation sites excluding steroid dienone is 3. The number of aliphatic hydroxyl groups is 3. The van der Waals surface area contributed by atoms with Crippen molar-refractivity contribution in [3.63, 3.8) is 0 Å². The second kappa shape index (κ2) is 5.72.